The Morgan fingerprint density at radius 2 is 1.85 bits per heavy atom. The number of carbonyl (C=O) groups is 2. The summed E-state index contributed by atoms with van der Waals surface area (Å²) in [4.78, 5) is 64.7. The Labute approximate surface area is 232 Å². The first-order valence-corrected chi connectivity index (χ1v) is 13.1. The summed E-state index contributed by atoms with van der Waals surface area (Å²) in [6.07, 6.45) is 1.68. The van der Waals surface area contributed by atoms with Gasteiger partial charge in [-0.2, -0.15) is 0 Å². The second kappa shape index (κ2) is 9.77. The molecular weight excluding hydrogens is 530 g/mol. The zero-order chi connectivity index (χ0) is 29.0. The molecule has 0 unspecified atom stereocenters. The number of fused-ring (bicyclic) bond motifs is 2. The van der Waals surface area contributed by atoms with E-state index >= 15 is 0 Å². The minimum Gasteiger partial charge on any atom is -0.465 e. The molecule has 5 aromatic rings. The Morgan fingerprint density at radius 1 is 1.12 bits per heavy atom. The number of imidazole rings is 1. The molecule has 13 nitrogen and oxygen atoms in total. The Bertz CT molecular complexity index is 1960. The molecule has 0 radical (unpaired) electrons. The first kappa shape index (κ1) is 26.0. The fourth-order valence-electron chi connectivity index (χ4n) is 5.55. The highest BCUT2D eigenvalue weighted by Gasteiger charge is 2.27. The molecule has 1 amide bonds. The van der Waals surface area contributed by atoms with Crippen LogP contribution in [0.15, 0.2) is 56.6 Å². The summed E-state index contributed by atoms with van der Waals surface area (Å²) in [5, 5.41) is 9.62. The third-order valence-electron chi connectivity index (χ3n) is 7.67. The van der Waals surface area contributed by atoms with Gasteiger partial charge in [-0.1, -0.05) is 0 Å². The summed E-state index contributed by atoms with van der Waals surface area (Å²) in [5.41, 5.74) is 3.21. The molecule has 0 bridgehead atoms. The molecule has 41 heavy (non-hydrogen) atoms. The van der Waals surface area contributed by atoms with Crippen molar-refractivity contribution >= 4 is 45.8 Å². The molecule has 210 valence electrons. The summed E-state index contributed by atoms with van der Waals surface area (Å²) in [5.74, 6) is -0.338. The smallest absolute Gasteiger partial charge is 0.419 e. The van der Waals surface area contributed by atoms with Gasteiger partial charge in [-0.05, 0) is 61.7 Å². The average molecular weight is 558 g/mol. The summed E-state index contributed by atoms with van der Waals surface area (Å²) in [7, 11) is 2.96. The number of oxazole rings is 1. The van der Waals surface area contributed by atoms with Crippen LogP contribution in [-0.4, -0.2) is 61.2 Å². The van der Waals surface area contributed by atoms with Crippen molar-refractivity contribution in [1.82, 2.24) is 24.1 Å². The molecule has 2 N–H and O–H groups in total. The lowest BCUT2D eigenvalue weighted by atomic mass is 10.0. The monoisotopic (exact) mass is 557 g/mol. The van der Waals surface area contributed by atoms with E-state index in [0.717, 1.165) is 10.4 Å². The number of amides is 1. The van der Waals surface area contributed by atoms with Crippen LogP contribution >= 0.6 is 0 Å². The topological polar surface area (TPSA) is 160 Å². The summed E-state index contributed by atoms with van der Waals surface area (Å²) in [6, 6.07) is 9.87. The number of carbonyl (C=O) groups excluding carboxylic acids is 1. The van der Waals surface area contributed by atoms with E-state index < -0.39 is 11.8 Å². The van der Waals surface area contributed by atoms with Crippen molar-refractivity contribution < 1.29 is 19.1 Å². The van der Waals surface area contributed by atoms with Gasteiger partial charge in [0.15, 0.2) is 17.0 Å². The van der Waals surface area contributed by atoms with E-state index in [1.54, 1.807) is 42.9 Å². The van der Waals surface area contributed by atoms with Crippen molar-refractivity contribution in [3.05, 3.63) is 80.3 Å². The average Bonchev–Trinajstić information content (AvgIpc) is 3.46. The molecule has 5 heterocycles. The van der Waals surface area contributed by atoms with Crippen LogP contribution in [0.5, 0.6) is 0 Å². The molecule has 6 rings (SSSR count). The van der Waals surface area contributed by atoms with E-state index in [1.165, 1.54) is 23.7 Å². The van der Waals surface area contributed by atoms with Gasteiger partial charge in [-0.15, -0.1) is 0 Å². The number of ketones is 1. The van der Waals surface area contributed by atoms with Crippen LogP contribution in [-0.2, 0) is 7.05 Å². The molecule has 1 aromatic carbocycles. The van der Waals surface area contributed by atoms with E-state index in [2.05, 4.69) is 15.0 Å². The van der Waals surface area contributed by atoms with Crippen molar-refractivity contribution in [1.29, 1.82) is 0 Å². The largest absolute Gasteiger partial charge is 0.465 e. The first-order valence-electron chi connectivity index (χ1n) is 13.1. The van der Waals surface area contributed by atoms with E-state index in [0.29, 0.717) is 59.6 Å². The number of hydrogen-bond donors (Lipinski definition) is 2. The van der Waals surface area contributed by atoms with Crippen molar-refractivity contribution in [2.45, 2.75) is 25.8 Å². The number of aromatic nitrogens is 5. The molecule has 0 spiro atoms. The molecule has 4 aromatic heterocycles. The highest BCUT2D eigenvalue weighted by atomic mass is 16.4. The molecule has 0 aliphatic carbocycles. The van der Waals surface area contributed by atoms with Crippen LogP contribution in [0.25, 0.3) is 22.3 Å². The SMILES string of the molecule is Cc1cc(C(=O)c2cc(N3CCC(n4c(=O)[nH]c5ncccc54)CC3)nc(N(C)C(=O)O)c2)cc2oc(=O)n(C)c12. The Balaban J connectivity index is 1.33. The van der Waals surface area contributed by atoms with E-state index in [9.17, 15) is 24.3 Å². The number of nitrogens with zero attached hydrogens (tertiary/aromatic N) is 6. The quantitative estimate of drug-likeness (QED) is 0.310. The zero-order valence-electron chi connectivity index (χ0n) is 22.6. The van der Waals surface area contributed by atoms with Gasteiger partial charge in [-0.25, -0.2) is 24.4 Å². The fraction of sp³-hybridized carbons (Fsp3) is 0.286. The van der Waals surface area contributed by atoms with Gasteiger partial charge in [0, 0.05) is 50.6 Å². The number of aromatic amines is 1. The number of anilines is 2. The first-order chi connectivity index (χ1) is 19.6. The van der Waals surface area contributed by atoms with Crippen LogP contribution in [0.2, 0.25) is 0 Å². The lowest BCUT2D eigenvalue weighted by Gasteiger charge is -2.33. The lowest BCUT2D eigenvalue weighted by molar-refractivity contribution is 0.103. The predicted octanol–water partition coefficient (Wildman–Crippen LogP) is 3.06. The number of piperidine rings is 1. The molecule has 0 atom stereocenters. The number of carboxylic acid groups (broad SMARTS) is 1. The van der Waals surface area contributed by atoms with Crippen LogP contribution in [0.3, 0.4) is 0 Å². The Kier molecular flexibility index (Phi) is 6.20. The van der Waals surface area contributed by atoms with Crippen molar-refractivity contribution in [3.8, 4) is 0 Å². The number of H-pyrrole nitrogens is 1. The van der Waals surface area contributed by atoms with Crippen LogP contribution in [0, 0.1) is 6.92 Å². The van der Waals surface area contributed by atoms with Gasteiger partial charge in [0.1, 0.15) is 11.6 Å². The maximum Gasteiger partial charge on any atom is 0.419 e. The highest BCUT2D eigenvalue weighted by Crippen LogP contribution is 2.30. The van der Waals surface area contributed by atoms with Crippen molar-refractivity contribution in [3.63, 3.8) is 0 Å². The van der Waals surface area contributed by atoms with Crippen molar-refractivity contribution in [2.75, 3.05) is 29.9 Å². The molecule has 0 saturated carbocycles. The number of benzene rings is 1. The molecule has 1 aliphatic rings. The van der Waals surface area contributed by atoms with E-state index in [-0.39, 0.29) is 28.9 Å². The van der Waals surface area contributed by atoms with Crippen LogP contribution in [0.1, 0.15) is 40.4 Å². The maximum atomic E-state index is 13.7. The number of rotatable bonds is 5. The summed E-state index contributed by atoms with van der Waals surface area (Å²) >= 11 is 0. The third kappa shape index (κ3) is 4.44. The van der Waals surface area contributed by atoms with Gasteiger partial charge < -0.3 is 14.4 Å². The number of hydrogen-bond acceptors (Lipinski definition) is 8. The lowest BCUT2D eigenvalue weighted by Crippen LogP contribution is -2.37. The standard InChI is InChI=1S/C28H27N7O6/c1-15-11-16(12-20-23(15)33(3)28(40)41-20)24(36)17-13-21(32(2)27(38)39)30-22(14-17)34-9-6-18(7-10-34)35-19-5-4-8-29-25(19)31-26(35)37/h4-5,8,11-14,18H,6-7,9-10H2,1-3H3,(H,38,39)(H,29,31,37). The van der Waals surface area contributed by atoms with Crippen molar-refractivity contribution in [2.24, 2.45) is 7.05 Å². The fourth-order valence-corrected chi connectivity index (χ4v) is 5.55. The summed E-state index contributed by atoms with van der Waals surface area (Å²) in [6.45, 7) is 2.85. The highest BCUT2D eigenvalue weighted by molar-refractivity contribution is 6.11. The Morgan fingerprint density at radius 3 is 2.59 bits per heavy atom. The van der Waals surface area contributed by atoms with Gasteiger partial charge in [0.2, 0.25) is 0 Å². The predicted molar refractivity (Wildman–Crippen MR) is 151 cm³/mol. The van der Waals surface area contributed by atoms with Crippen LogP contribution in [0.4, 0.5) is 16.4 Å². The number of pyridine rings is 2. The zero-order valence-corrected chi connectivity index (χ0v) is 22.6. The number of aryl methyl sites for hydroxylation is 2. The van der Waals surface area contributed by atoms with Gasteiger partial charge in [0.05, 0.1) is 11.0 Å². The summed E-state index contributed by atoms with van der Waals surface area (Å²) < 4.78 is 8.43. The van der Waals surface area contributed by atoms with E-state index in [4.69, 9.17) is 4.42 Å². The molecule has 1 aliphatic heterocycles. The molecular formula is C28H27N7O6. The normalized spacial score (nSPS) is 14.2. The third-order valence-corrected chi connectivity index (χ3v) is 7.67. The second-order valence-electron chi connectivity index (χ2n) is 10.2. The maximum absolute atomic E-state index is 13.7. The minimum absolute atomic E-state index is 0.0575. The second-order valence-corrected chi connectivity index (χ2v) is 10.2. The molecule has 1 fully saturated rings. The number of nitrogens with one attached hydrogen (secondary N) is 1. The molecule has 13 heteroatoms. The van der Waals surface area contributed by atoms with Gasteiger partial charge in [0.25, 0.3) is 0 Å². The van der Waals surface area contributed by atoms with Gasteiger partial charge in [-0.3, -0.25) is 23.8 Å². The van der Waals surface area contributed by atoms with Crippen LogP contribution < -0.4 is 21.2 Å². The minimum atomic E-state index is -1.22. The molecule has 1 saturated heterocycles. The Hall–Kier alpha value is -5.20. The van der Waals surface area contributed by atoms with Gasteiger partial charge >= 0.3 is 17.5 Å². The van der Waals surface area contributed by atoms with E-state index in [1.807, 2.05) is 11.0 Å².